The Kier molecular flexibility index (Phi) is 3.20. The van der Waals surface area contributed by atoms with Crippen molar-refractivity contribution in [1.29, 1.82) is 0 Å². The summed E-state index contributed by atoms with van der Waals surface area (Å²) >= 11 is 0. The second-order valence-corrected chi connectivity index (χ2v) is 4.20. The van der Waals surface area contributed by atoms with Gasteiger partial charge in [0.05, 0.1) is 18.4 Å². The highest BCUT2D eigenvalue weighted by Crippen LogP contribution is 2.33. The lowest BCUT2D eigenvalue weighted by Crippen LogP contribution is -2.20. The maximum Gasteiger partial charge on any atom is 0.243 e. The third kappa shape index (κ3) is 2.05. The third-order valence-corrected chi connectivity index (χ3v) is 3.00. The summed E-state index contributed by atoms with van der Waals surface area (Å²) in [6, 6.07) is 5.39. The maximum absolute atomic E-state index is 12.6. The van der Waals surface area contributed by atoms with Crippen LogP contribution >= 0.6 is 0 Å². The molecule has 0 unspecified atom stereocenters. The standard InChI is InChI=1S/C14H13N3O3/c1-19-14-11(16-5-6-17-14)12(18)9-3-2-4-10-13(9)20-8-7-15-10/h2-6,15H,7-8H2,1H3. The largest absolute Gasteiger partial charge is 0.489 e. The number of nitrogens with zero attached hydrogens (tertiary/aromatic N) is 2. The van der Waals surface area contributed by atoms with Gasteiger partial charge in [0.2, 0.25) is 11.7 Å². The van der Waals surface area contributed by atoms with Gasteiger partial charge in [0, 0.05) is 18.9 Å². The first-order valence-electron chi connectivity index (χ1n) is 6.20. The summed E-state index contributed by atoms with van der Waals surface area (Å²) in [7, 11) is 1.46. The van der Waals surface area contributed by atoms with Gasteiger partial charge in [0.25, 0.3) is 0 Å². The zero-order valence-electron chi connectivity index (χ0n) is 10.9. The average molecular weight is 271 g/mol. The molecule has 1 aliphatic heterocycles. The predicted octanol–water partition coefficient (Wildman–Crippen LogP) is 1.52. The zero-order chi connectivity index (χ0) is 13.9. The number of ether oxygens (including phenoxy) is 2. The van der Waals surface area contributed by atoms with Crippen LogP contribution < -0.4 is 14.8 Å². The van der Waals surface area contributed by atoms with Crippen LogP contribution in [0.25, 0.3) is 0 Å². The zero-order valence-corrected chi connectivity index (χ0v) is 10.9. The fourth-order valence-corrected chi connectivity index (χ4v) is 2.11. The average Bonchev–Trinajstić information content (AvgIpc) is 2.53. The SMILES string of the molecule is COc1nccnc1C(=O)c1cccc2c1OCCN2. The van der Waals surface area contributed by atoms with Crippen LogP contribution in [0, 0.1) is 0 Å². The number of para-hydroxylation sites is 1. The van der Waals surface area contributed by atoms with Gasteiger partial charge >= 0.3 is 0 Å². The first kappa shape index (κ1) is 12.4. The van der Waals surface area contributed by atoms with Crippen LogP contribution in [0.1, 0.15) is 16.1 Å². The van der Waals surface area contributed by atoms with Crippen molar-refractivity contribution in [2.75, 3.05) is 25.6 Å². The molecule has 1 aromatic heterocycles. The Balaban J connectivity index is 2.07. The molecule has 20 heavy (non-hydrogen) atoms. The van der Waals surface area contributed by atoms with Crippen LogP contribution in [0.2, 0.25) is 0 Å². The van der Waals surface area contributed by atoms with Gasteiger partial charge in [-0.25, -0.2) is 9.97 Å². The fraction of sp³-hybridized carbons (Fsp3) is 0.214. The Hall–Kier alpha value is -2.63. The van der Waals surface area contributed by atoms with E-state index in [1.165, 1.54) is 19.5 Å². The van der Waals surface area contributed by atoms with E-state index in [0.29, 0.717) is 17.9 Å². The molecule has 0 aliphatic carbocycles. The lowest BCUT2D eigenvalue weighted by atomic mass is 10.1. The molecule has 0 fully saturated rings. The number of aromatic nitrogens is 2. The fourth-order valence-electron chi connectivity index (χ4n) is 2.11. The summed E-state index contributed by atoms with van der Waals surface area (Å²) in [4.78, 5) is 20.7. The third-order valence-electron chi connectivity index (χ3n) is 3.00. The Labute approximate surface area is 115 Å². The highest BCUT2D eigenvalue weighted by atomic mass is 16.5. The lowest BCUT2D eigenvalue weighted by molar-refractivity contribution is 0.102. The molecular weight excluding hydrogens is 258 g/mol. The summed E-state index contributed by atoms with van der Waals surface area (Å²) in [5, 5.41) is 3.19. The van der Waals surface area contributed by atoms with Crippen LogP contribution in [-0.2, 0) is 0 Å². The summed E-state index contributed by atoms with van der Waals surface area (Å²) in [5.41, 5.74) is 1.44. The van der Waals surface area contributed by atoms with E-state index in [1.54, 1.807) is 12.1 Å². The summed E-state index contributed by atoms with van der Waals surface area (Å²) in [6.07, 6.45) is 2.94. The molecule has 0 saturated heterocycles. The minimum absolute atomic E-state index is 0.178. The molecule has 102 valence electrons. The van der Waals surface area contributed by atoms with Crippen molar-refractivity contribution in [2.24, 2.45) is 0 Å². The topological polar surface area (TPSA) is 73.3 Å². The predicted molar refractivity (Wildman–Crippen MR) is 72.4 cm³/mol. The highest BCUT2D eigenvalue weighted by Gasteiger charge is 2.23. The molecular formula is C14H13N3O3. The van der Waals surface area contributed by atoms with Crippen molar-refractivity contribution in [2.45, 2.75) is 0 Å². The van der Waals surface area contributed by atoms with Crippen molar-refractivity contribution in [3.05, 3.63) is 41.9 Å². The molecule has 0 spiro atoms. The van der Waals surface area contributed by atoms with E-state index >= 15 is 0 Å². The van der Waals surface area contributed by atoms with Crippen molar-refractivity contribution >= 4 is 11.5 Å². The van der Waals surface area contributed by atoms with Crippen LogP contribution in [0.4, 0.5) is 5.69 Å². The molecule has 0 atom stereocenters. The van der Waals surface area contributed by atoms with Crippen LogP contribution in [0.5, 0.6) is 11.6 Å². The molecule has 1 aliphatic rings. The van der Waals surface area contributed by atoms with Crippen LogP contribution in [0.3, 0.4) is 0 Å². The number of nitrogens with one attached hydrogen (secondary N) is 1. The quantitative estimate of drug-likeness (QED) is 0.853. The molecule has 2 heterocycles. The highest BCUT2D eigenvalue weighted by molar-refractivity contribution is 6.11. The van der Waals surface area contributed by atoms with Gasteiger partial charge in [-0.2, -0.15) is 0 Å². The first-order valence-corrected chi connectivity index (χ1v) is 6.20. The summed E-state index contributed by atoms with van der Waals surface area (Å²) in [5.74, 6) is 0.492. The van der Waals surface area contributed by atoms with E-state index in [9.17, 15) is 4.79 Å². The van der Waals surface area contributed by atoms with Crippen molar-refractivity contribution in [3.63, 3.8) is 0 Å². The van der Waals surface area contributed by atoms with E-state index < -0.39 is 0 Å². The minimum Gasteiger partial charge on any atom is -0.489 e. The second kappa shape index (κ2) is 5.16. The number of carbonyl (C=O) groups excluding carboxylic acids is 1. The molecule has 6 nitrogen and oxygen atoms in total. The van der Waals surface area contributed by atoms with Gasteiger partial charge in [0.1, 0.15) is 6.61 Å². The molecule has 0 bridgehead atoms. The van der Waals surface area contributed by atoms with Gasteiger partial charge in [0.15, 0.2) is 11.4 Å². The van der Waals surface area contributed by atoms with Gasteiger partial charge in [-0.1, -0.05) is 6.07 Å². The van der Waals surface area contributed by atoms with E-state index in [1.807, 2.05) is 6.07 Å². The maximum atomic E-state index is 12.6. The Bertz CT molecular complexity index is 658. The lowest BCUT2D eigenvalue weighted by Gasteiger charge is -2.21. The minimum atomic E-state index is -0.268. The normalized spacial score (nSPS) is 12.8. The van der Waals surface area contributed by atoms with Gasteiger partial charge < -0.3 is 14.8 Å². The number of hydrogen-bond donors (Lipinski definition) is 1. The molecule has 0 saturated carbocycles. The monoisotopic (exact) mass is 271 g/mol. The number of ketones is 1. The van der Waals surface area contributed by atoms with Crippen LogP contribution in [0.15, 0.2) is 30.6 Å². The number of anilines is 1. The van der Waals surface area contributed by atoms with Crippen LogP contribution in [-0.4, -0.2) is 36.0 Å². The number of methoxy groups -OCH3 is 1. The Morgan fingerprint density at radius 3 is 3.05 bits per heavy atom. The van der Waals surface area contributed by atoms with E-state index in [2.05, 4.69) is 15.3 Å². The van der Waals surface area contributed by atoms with E-state index in [0.717, 1.165) is 12.2 Å². The Morgan fingerprint density at radius 2 is 2.20 bits per heavy atom. The molecule has 0 amide bonds. The number of rotatable bonds is 3. The van der Waals surface area contributed by atoms with Gasteiger partial charge in [-0.3, -0.25) is 4.79 Å². The number of fused-ring (bicyclic) bond motifs is 1. The van der Waals surface area contributed by atoms with Crippen molar-refractivity contribution < 1.29 is 14.3 Å². The van der Waals surface area contributed by atoms with E-state index in [4.69, 9.17) is 9.47 Å². The van der Waals surface area contributed by atoms with Gasteiger partial charge in [-0.15, -0.1) is 0 Å². The van der Waals surface area contributed by atoms with Gasteiger partial charge in [-0.05, 0) is 12.1 Å². The Morgan fingerprint density at radius 1 is 1.35 bits per heavy atom. The number of hydrogen-bond acceptors (Lipinski definition) is 6. The number of benzene rings is 1. The summed E-state index contributed by atoms with van der Waals surface area (Å²) < 4.78 is 10.7. The summed E-state index contributed by atoms with van der Waals surface area (Å²) in [6.45, 7) is 1.24. The van der Waals surface area contributed by atoms with E-state index in [-0.39, 0.29) is 17.4 Å². The molecule has 0 radical (unpaired) electrons. The molecule has 1 N–H and O–H groups in total. The second-order valence-electron chi connectivity index (χ2n) is 4.20. The molecule has 6 heteroatoms. The number of carbonyl (C=O) groups is 1. The smallest absolute Gasteiger partial charge is 0.243 e. The molecule has 3 rings (SSSR count). The van der Waals surface area contributed by atoms with Crippen molar-refractivity contribution in [1.82, 2.24) is 9.97 Å². The van der Waals surface area contributed by atoms with Crippen molar-refractivity contribution in [3.8, 4) is 11.6 Å². The molecule has 2 aromatic rings. The molecule has 1 aromatic carbocycles. The first-order chi connectivity index (χ1) is 9.81.